The van der Waals surface area contributed by atoms with Gasteiger partial charge in [-0.1, -0.05) is 17.7 Å². The Bertz CT molecular complexity index is 678. The van der Waals surface area contributed by atoms with Crippen LogP contribution < -0.4 is 0 Å². The van der Waals surface area contributed by atoms with Gasteiger partial charge in [-0.05, 0) is 55.8 Å². The standard InChI is InChI=1S/C18H22N2S/c1-13-6-7-18-15(10-13)16-12-20(8-2-5-17(16)19-18)11-14-4-3-9-21-14/h3,6-7,9-10,14,19H,2,4-5,8,11-12H2,1H3. The van der Waals surface area contributed by atoms with E-state index in [2.05, 4.69) is 46.5 Å². The molecule has 110 valence electrons. The lowest BCUT2D eigenvalue weighted by atomic mass is 10.1. The predicted octanol–water partition coefficient (Wildman–Crippen LogP) is 4.24. The van der Waals surface area contributed by atoms with Gasteiger partial charge in [0.25, 0.3) is 0 Å². The normalized spacial score (nSPS) is 22.6. The first-order chi connectivity index (χ1) is 10.3. The van der Waals surface area contributed by atoms with E-state index < -0.39 is 0 Å². The highest BCUT2D eigenvalue weighted by Gasteiger charge is 2.22. The van der Waals surface area contributed by atoms with Gasteiger partial charge < -0.3 is 4.98 Å². The fraction of sp³-hybridized carbons (Fsp3) is 0.444. The number of thioether (sulfide) groups is 1. The maximum atomic E-state index is 3.65. The van der Waals surface area contributed by atoms with Gasteiger partial charge >= 0.3 is 0 Å². The Morgan fingerprint density at radius 1 is 1.38 bits per heavy atom. The maximum Gasteiger partial charge on any atom is 0.0459 e. The van der Waals surface area contributed by atoms with Crippen LogP contribution >= 0.6 is 11.8 Å². The van der Waals surface area contributed by atoms with Crippen molar-refractivity contribution < 1.29 is 0 Å². The molecule has 1 unspecified atom stereocenters. The van der Waals surface area contributed by atoms with E-state index >= 15 is 0 Å². The van der Waals surface area contributed by atoms with Gasteiger partial charge in [-0.15, -0.1) is 11.8 Å². The zero-order valence-corrected chi connectivity index (χ0v) is 13.4. The van der Waals surface area contributed by atoms with Crippen molar-refractivity contribution in [2.24, 2.45) is 0 Å². The van der Waals surface area contributed by atoms with Crippen LogP contribution in [0.2, 0.25) is 0 Å². The summed E-state index contributed by atoms with van der Waals surface area (Å²) < 4.78 is 0. The number of rotatable bonds is 2. The molecule has 4 rings (SSSR count). The number of aromatic amines is 1. The first kappa shape index (κ1) is 13.5. The van der Waals surface area contributed by atoms with Crippen molar-refractivity contribution in [1.82, 2.24) is 9.88 Å². The molecule has 3 heteroatoms. The van der Waals surface area contributed by atoms with Gasteiger partial charge in [0.2, 0.25) is 0 Å². The van der Waals surface area contributed by atoms with Gasteiger partial charge in [0.05, 0.1) is 0 Å². The largest absolute Gasteiger partial charge is 0.358 e. The van der Waals surface area contributed by atoms with Crippen molar-refractivity contribution in [2.45, 2.75) is 38.0 Å². The molecule has 0 saturated heterocycles. The lowest BCUT2D eigenvalue weighted by molar-refractivity contribution is 0.272. The van der Waals surface area contributed by atoms with Crippen molar-refractivity contribution in [3.8, 4) is 0 Å². The second-order valence-corrected chi connectivity index (χ2v) is 7.55. The van der Waals surface area contributed by atoms with Crippen molar-refractivity contribution in [3.05, 3.63) is 46.5 Å². The molecule has 0 fully saturated rings. The molecule has 0 radical (unpaired) electrons. The predicted molar refractivity (Wildman–Crippen MR) is 91.8 cm³/mol. The highest BCUT2D eigenvalue weighted by molar-refractivity contribution is 8.03. The topological polar surface area (TPSA) is 19.0 Å². The fourth-order valence-corrected chi connectivity index (χ4v) is 4.55. The molecule has 0 amide bonds. The van der Waals surface area contributed by atoms with E-state index in [4.69, 9.17) is 0 Å². The molecule has 1 atom stereocenters. The summed E-state index contributed by atoms with van der Waals surface area (Å²) in [6.45, 7) is 5.74. The molecule has 3 heterocycles. The summed E-state index contributed by atoms with van der Waals surface area (Å²) in [5.74, 6) is 0. The molecule has 1 aromatic heterocycles. The summed E-state index contributed by atoms with van der Waals surface area (Å²) in [5, 5.41) is 4.47. The summed E-state index contributed by atoms with van der Waals surface area (Å²) >= 11 is 2.00. The summed E-state index contributed by atoms with van der Waals surface area (Å²) in [5.41, 5.74) is 5.68. The summed E-state index contributed by atoms with van der Waals surface area (Å²) in [7, 11) is 0. The molecule has 0 spiro atoms. The number of nitrogens with zero attached hydrogens (tertiary/aromatic N) is 1. The third kappa shape index (κ3) is 2.65. The molecule has 0 bridgehead atoms. The molecule has 0 aliphatic carbocycles. The minimum absolute atomic E-state index is 0.762. The second-order valence-electron chi connectivity index (χ2n) is 6.34. The zero-order chi connectivity index (χ0) is 14.2. The minimum atomic E-state index is 0.762. The maximum absolute atomic E-state index is 3.65. The van der Waals surface area contributed by atoms with Crippen molar-refractivity contribution in [2.75, 3.05) is 13.1 Å². The van der Waals surface area contributed by atoms with Gasteiger partial charge in [-0.2, -0.15) is 0 Å². The van der Waals surface area contributed by atoms with Crippen molar-refractivity contribution in [1.29, 1.82) is 0 Å². The molecular formula is C18H22N2S. The molecule has 2 nitrogen and oxygen atoms in total. The van der Waals surface area contributed by atoms with Crippen LogP contribution in [0.15, 0.2) is 29.7 Å². The Balaban J connectivity index is 1.63. The monoisotopic (exact) mass is 298 g/mol. The number of H-pyrrole nitrogens is 1. The Morgan fingerprint density at radius 3 is 3.19 bits per heavy atom. The first-order valence-electron chi connectivity index (χ1n) is 7.92. The number of hydrogen-bond acceptors (Lipinski definition) is 2. The Labute approximate surface area is 130 Å². The number of fused-ring (bicyclic) bond motifs is 3. The van der Waals surface area contributed by atoms with E-state index in [1.165, 1.54) is 54.5 Å². The molecule has 2 aliphatic rings. The van der Waals surface area contributed by atoms with Gasteiger partial charge in [-0.3, -0.25) is 4.90 Å². The molecule has 21 heavy (non-hydrogen) atoms. The van der Waals surface area contributed by atoms with Crippen LogP contribution in [0, 0.1) is 6.92 Å². The minimum Gasteiger partial charge on any atom is -0.358 e. The lowest BCUT2D eigenvalue weighted by Crippen LogP contribution is -2.29. The third-order valence-corrected chi connectivity index (χ3v) is 5.74. The molecule has 1 N–H and O–H groups in total. The Morgan fingerprint density at radius 2 is 2.33 bits per heavy atom. The van der Waals surface area contributed by atoms with Crippen molar-refractivity contribution >= 4 is 22.7 Å². The van der Waals surface area contributed by atoms with E-state index in [9.17, 15) is 0 Å². The van der Waals surface area contributed by atoms with Crippen LogP contribution in [0.1, 0.15) is 29.7 Å². The fourth-order valence-electron chi connectivity index (χ4n) is 3.58. The van der Waals surface area contributed by atoms with E-state index in [1.807, 2.05) is 11.8 Å². The molecule has 0 saturated carbocycles. The van der Waals surface area contributed by atoms with E-state index in [0.29, 0.717) is 0 Å². The Hall–Kier alpha value is -1.19. The van der Waals surface area contributed by atoms with E-state index in [0.717, 1.165) is 11.8 Å². The number of aryl methyl sites for hydroxylation is 2. The lowest BCUT2D eigenvalue weighted by Gasteiger charge is -2.23. The van der Waals surface area contributed by atoms with E-state index in [1.54, 1.807) is 5.56 Å². The molecule has 1 aromatic carbocycles. The van der Waals surface area contributed by atoms with Gasteiger partial charge in [0, 0.05) is 34.9 Å². The van der Waals surface area contributed by atoms with Crippen LogP contribution in [-0.2, 0) is 13.0 Å². The average Bonchev–Trinajstić information content (AvgIpc) is 3.03. The molecular weight excluding hydrogens is 276 g/mol. The summed E-state index contributed by atoms with van der Waals surface area (Å²) in [6.07, 6.45) is 6.01. The zero-order valence-electron chi connectivity index (χ0n) is 12.6. The van der Waals surface area contributed by atoms with E-state index in [-0.39, 0.29) is 0 Å². The van der Waals surface area contributed by atoms with Crippen LogP contribution in [0.4, 0.5) is 0 Å². The van der Waals surface area contributed by atoms with Gasteiger partial charge in [-0.25, -0.2) is 0 Å². The number of allylic oxidation sites excluding steroid dienone is 1. The third-order valence-electron chi connectivity index (χ3n) is 4.66. The van der Waals surface area contributed by atoms with Gasteiger partial charge in [0.15, 0.2) is 0 Å². The molecule has 2 aromatic rings. The SMILES string of the molecule is Cc1ccc2[nH]c3c(c2c1)CN(CC1CC=CS1)CCC3. The highest BCUT2D eigenvalue weighted by atomic mass is 32.2. The Kier molecular flexibility index (Phi) is 3.56. The van der Waals surface area contributed by atoms with Crippen LogP contribution in [0.25, 0.3) is 10.9 Å². The van der Waals surface area contributed by atoms with Crippen molar-refractivity contribution in [3.63, 3.8) is 0 Å². The quantitative estimate of drug-likeness (QED) is 0.894. The smallest absolute Gasteiger partial charge is 0.0459 e. The van der Waals surface area contributed by atoms with Crippen LogP contribution in [-0.4, -0.2) is 28.2 Å². The van der Waals surface area contributed by atoms with Crippen LogP contribution in [0.5, 0.6) is 0 Å². The number of aromatic nitrogens is 1. The number of benzene rings is 1. The number of nitrogens with one attached hydrogen (secondary N) is 1. The second kappa shape index (κ2) is 5.54. The highest BCUT2D eigenvalue weighted by Crippen LogP contribution is 2.30. The average molecular weight is 298 g/mol. The first-order valence-corrected chi connectivity index (χ1v) is 8.87. The molecule has 2 aliphatic heterocycles. The number of hydrogen-bond donors (Lipinski definition) is 1. The summed E-state index contributed by atoms with van der Waals surface area (Å²) in [4.78, 5) is 6.31. The summed E-state index contributed by atoms with van der Waals surface area (Å²) in [6, 6.07) is 6.79. The van der Waals surface area contributed by atoms with Crippen LogP contribution in [0.3, 0.4) is 0 Å². The van der Waals surface area contributed by atoms with Gasteiger partial charge in [0.1, 0.15) is 0 Å².